The average molecular weight is 400 g/mol. The van der Waals surface area contributed by atoms with E-state index in [4.69, 9.17) is 4.98 Å². The molecule has 0 amide bonds. The second-order valence-electron chi connectivity index (χ2n) is 7.21. The van der Waals surface area contributed by atoms with E-state index in [9.17, 15) is 17.6 Å². The third-order valence-electron chi connectivity index (χ3n) is 5.20. The Morgan fingerprint density at radius 2 is 1.76 bits per heavy atom. The zero-order valence-corrected chi connectivity index (χ0v) is 15.1. The smallest absolute Gasteiger partial charge is 0.320 e. The minimum atomic E-state index is -4.39. The van der Waals surface area contributed by atoms with Gasteiger partial charge in [0.05, 0.1) is 16.6 Å². The van der Waals surface area contributed by atoms with Gasteiger partial charge in [-0.3, -0.25) is 4.99 Å². The molecule has 1 aliphatic carbocycles. The van der Waals surface area contributed by atoms with E-state index in [1.807, 2.05) is 9.47 Å². The van der Waals surface area contributed by atoms with Crippen LogP contribution in [0.5, 0.6) is 0 Å². The molecule has 4 nitrogen and oxygen atoms in total. The second kappa shape index (κ2) is 6.43. The lowest BCUT2D eigenvalue weighted by Gasteiger charge is -2.32. The second-order valence-corrected chi connectivity index (χ2v) is 7.21. The van der Waals surface area contributed by atoms with Crippen LogP contribution in [-0.2, 0) is 6.18 Å². The number of nitrogens with zero attached hydrogens (tertiary/aromatic N) is 4. The quantitative estimate of drug-likeness (QED) is 0.534. The van der Waals surface area contributed by atoms with Crippen molar-refractivity contribution in [1.29, 1.82) is 0 Å². The number of alkyl halides is 3. The molecule has 1 aliphatic heterocycles. The lowest BCUT2D eigenvalue weighted by Crippen LogP contribution is -2.32. The largest absolute Gasteiger partial charge is 0.416 e. The summed E-state index contributed by atoms with van der Waals surface area (Å²) in [6.45, 7) is 0. The molecule has 2 aromatic carbocycles. The molecule has 0 radical (unpaired) electrons. The Hall–Kier alpha value is -3.16. The van der Waals surface area contributed by atoms with Crippen LogP contribution in [0, 0.1) is 5.82 Å². The minimum Gasteiger partial charge on any atom is -0.320 e. The molecule has 29 heavy (non-hydrogen) atoms. The van der Waals surface area contributed by atoms with Crippen molar-refractivity contribution in [1.82, 2.24) is 9.55 Å². The monoisotopic (exact) mass is 400 g/mol. The molecular weight excluding hydrogens is 384 g/mol. The van der Waals surface area contributed by atoms with Crippen LogP contribution in [0.2, 0.25) is 0 Å². The molecule has 8 heteroatoms. The summed E-state index contributed by atoms with van der Waals surface area (Å²) in [5.41, 5.74) is 1.19. The zero-order valence-electron chi connectivity index (χ0n) is 15.1. The van der Waals surface area contributed by atoms with Crippen LogP contribution in [0.15, 0.2) is 59.9 Å². The summed E-state index contributed by atoms with van der Waals surface area (Å²) in [5.74, 6) is 0.763. The van der Waals surface area contributed by atoms with Crippen LogP contribution in [0.1, 0.15) is 36.3 Å². The predicted molar refractivity (Wildman–Crippen MR) is 102 cm³/mol. The summed E-state index contributed by atoms with van der Waals surface area (Å²) in [6.07, 6.45) is 2.13. The molecule has 1 aromatic heterocycles. The van der Waals surface area contributed by atoms with E-state index in [1.54, 1.807) is 24.7 Å². The number of anilines is 1. The van der Waals surface area contributed by atoms with E-state index in [-0.39, 0.29) is 5.82 Å². The van der Waals surface area contributed by atoms with Crippen molar-refractivity contribution in [2.24, 2.45) is 4.99 Å². The van der Waals surface area contributed by atoms with Gasteiger partial charge in [0.2, 0.25) is 0 Å². The number of hydrogen-bond acceptors (Lipinski definition) is 3. The number of imidazole rings is 1. The highest BCUT2D eigenvalue weighted by molar-refractivity contribution is 5.81. The Morgan fingerprint density at radius 1 is 1.00 bits per heavy atom. The number of hydrogen-bond donors (Lipinski definition) is 0. The summed E-state index contributed by atoms with van der Waals surface area (Å²) in [4.78, 5) is 10.7. The van der Waals surface area contributed by atoms with E-state index < -0.39 is 17.9 Å². The molecule has 0 bridgehead atoms. The fraction of sp³-hybridized carbons (Fsp3) is 0.238. The van der Waals surface area contributed by atoms with Crippen molar-refractivity contribution in [2.75, 3.05) is 4.90 Å². The minimum absolute atomic E-state index is 0.291. The van der Waals surface area contributed by atoms with Gasteiger partial charge in [-0.1, -0.05) is 0 Å². The first kappa shape index (κ1) is 17.9. The third kappa shape index (κ3) is 3.18. The van der Waals surface area contributed by atoms with Crippen molar-refractivity contribution >= 4 is 22.9 Å². The Kier molecular flexibility index (Phi) is 3.97. The lowest BCUT2D eigenvalue weighted by molar-refractivity contribution is -0.137. The van der Waals surface area contributed by atoms with Crippen LogP contribution in [-0.4, -0.2) is 15.8 Å². The van der Waals surface area contributed by atoms with Crippen LogP contribution in [0.25, 0.3) is 11.0 Å². The molecule has 148 valence electrons. The highest BCUT2D eigenvalue weighted by atomic mass is 19.4. The van der Waals surface area contributed by atoms with Crippen molar-refractivity contribution < 1.29 is 17.6 Å². The summed E-state index contributed by atoms with van der Waals surface area (Å²) >= 11 is 0. The Bertz CT molecular complexity index is 1120. The lowest BCUT2D eigenvalue weighted by atomic mass is 10.1. The van der Waals surface area contributed by atoms with Gasteiger partial charge in [0, 0.05) is 30.2 Å². The van der Waals surface area contributed by atoms with E-state index in [0.717, 1.165) is 30.8 Å². The van der Waals surface area contributed by atoms with Gasteiger partial charge in [-0.25, -0.2) is 9.37 Å². The van der Waals surface area contributed by atoms with Gasteiger partial charge in [-0.05, 0) is 55.3 Å². The van der Waals surface area contributed by atoms with Gasteiger partial charge in [0.25, 0.3) is 0 Å². The molecular formula is C21H16F4N4. The zero-order chi connectivity index (χ0) is 20.2. The third-order valence-corrected chi connectivity index (χ3v) is 5.20. The maximum atomic E-state index is 14.0. The molecule has 1 atom stereocenters. The SMILES string of the molecule is Fc1ccc2nc(C3CC3)n(C3C=NC=CN3c3ccc(C(F)(F)F)cc3)c2c1. The summed E-state index contributed by atoms with van der Waals surface area (Å²) in [6, 6.07) is 9.42. The van der Waals surface area contributed by atoms with Gasteiger partial charge < -0.3 is 9.47 Å². The molecule has 0 N–H and O–H groups in total. The normalized spacial score (nSPS) is 19.3. The first-order valence-electron chi connectivity index (χ1n) is 9.25. The molecule has 5 rings (SSSR count). The Morgan fingerprint density at radius 3 is 2.45 bits per heavy atom. The van der Waals surface area contributed by atoms with E-state index in [0.29, 0.717) is 22.6 Å². The van der Waals surface area contributed by atoms with Crippen molar-refractivity contribution in [3.63, 3.8) is 0 Å². The van der Waals surface area contributed by atoms with Crippen molar-refractivity contribution in [3.05, 3.63) is 72.1 Å². The average Bonchev–Trinajstić information content (AvgIpc) is 3.48. The standard InChI is InChI=1S/C21H16F4N4/c22-15-5-8-17-18(11-15)29(20(27-17)13-1-2-13)19-12-26-9-10-28(19)16-6-3-14(4-7-16)21(23,24)25/h3-13,19H,1-2H2. The van der Waals surface area contributed by atoms with Gasteiger partial charge in [-0.15, -0.1) is 0 Å². The number of halogens is 4. The van der Waals surface area contributed by atoms with Crippen molar-refractivity contribution in [2.45, 2.75) is 31.1 Å². The highest BCUT2D eigenvalue weighted by Crippen LogP contribution is 2.43. The topological polar surface area (TPSA) is 33.4 Å². The maximum Gasteiger partial charge on any atom is 0.416 e. The van der Waals surface area contributed by atoms with Crippen molar-refractivity contribution in [3.8, 4) is 0 Å². The predicted octanol–water partition coefficient (Wildman–Crippen LogP) is 5.63. The maximum absolute atomic E-state index is 14.0. The fourth-order valence-electron chi connectivity index (χ4n) is 3.64. The van der Waals surface area contributed by atoms with E-state index in [1.165, 1.54) is 24.3 Å². The number of aromatic nitrogens is 2. The number of benzene rings is 2. The number of aliphatic imine (C=N–C) groups is 1. The van der Waals surface area contributed by atoms with Crippen LogP contribution in [0.4, 0.5) is 23.2 Å². The molecule has 2 heterocycles. The van der Waals surface area contributed by atoms with Crippen LogP contribution in [0.3, 0.4) is 0 Å². The molecule has 0 saturated heterocycles. The first-order valence-corrected chi connectivity index (χ1v) is 9.25. The Labute approximate surface area is 163 Å². The molecule has 0 spiro atoms. The molecule has 2 aliphatic rings. The first-order chi connectivity index (χ1) is 13.9. The summed E-state index contributed by atoms with van der Waals surface area (Å²) < 4.78 is 54.7. The van der Waals surface area contributed by atoms with Gasteiger partial charge in [-0.2, -0.15) is 13.2 Å². The Balaban J connectivity index is 1.61. The fourth-order valence-corrected chi connectivity index (χ4v) is 3.64. The molecule has 1 unspecified atom stereocenters. The highest BCUT2D eigenvalue weighted by Gasteiger charge is 2.34. The number of fused-ring (bicyclic) bond motifs is 1. The number of rotatable bonds is 3. The molecule has 1 saturated carbocycles. The molecule has 1 fully saturated rings. The van der Waals surface area contributed by atoms with Crippen LogP contribution < -0.4 is 4.90 Å². The van der Waals surface area contributed by atoms with E-state index in [2.05, 4.69) is 4.99 Å². The summed E-state index contributed by atoms with van der Waals surface area (Å²) in [7, 11) is 0. The van der Waals surface area contributed by atoms with Gasteiger partial charge in [0.1, 0.15) is 17.8 Å². The van der Waals surface area contributed by atoms with Gasteiger partial charge >= 0.3 is 6.18 Å². The molecule has 3 aromatic rings. The van der Waals surface area contributed by atoms with E-state index >= 15 is 0 Å². The van der Waals surface area contributed by atoms with Gasteiger partial charge in [0.15, 0.2) is 0 Å². The summed E-state index contributed by atoms with van der Waals surface area (Å²) in [5, 5.41) is 0. The van der Waals surface area contributed by atoms with Crippen LogP contribution >= 0.6 is 0 Å².